The summed E-state index contributed by atoms with van der Waals surface area (Å²) >= 11 is 2.02. The minimum absolute atomic E-state index is 0.762. The second-order valence-corrected chi connectivity index (χ2v) is 6.57. The van der Waals surface area contributed by atoms with Crippen LogP contribution in [-0.2, 0) is 12.8 Å². The van der Waals surface area contributed by atoms with Crippen LogP contribution in [0.2, 0.25) is 0 Å². The van der Waals surface area contributed by atoms with Gasteiger partial charge in [0.15, 0.2) is 0 Å². The molecule has 0 radical (unpaired) electrons. The zero-order valence-electron chi connectivity index (χ0n) is 11.1. The predicted octanol–water partition coefficient (Wildman–Crippen LogP) is 2.17. The molecule has 0 unspecified atom stereocenters. The van der Waals surface area contributed by atoms with Crippen LogP contribution in [0, 0.1) is 0 Å². The molecule has 1 N–H and O–H groups in total. The number of nitrogens with zero attached hydrogens (tertiary/aromatic N) is 1. The Labute approximate surface area is 114 Å². The van der Waals surface area contributed by atoms with Crippen molar-refractivity contribution in [2.45, 2.75) is 30.2 Å². The predicted molar refractivity (Wildman–Crippen MR) is 78.5 cm³/mol. The number of hydrogen-bond acceptors (Lipinski definition) is 3. The summed E-state index contributed by atoms with van der Waals surface area (Å²) in [4.78, 5) is 4.01. The standard InChI is InChI=1S/C15H22N2S/c1-17(14-10-16-11-14)7-6-12-4-5-15-13(9-12)3-2-8-18-15/h4-5,9,14,16H,2-3,6-8,10-11H2,1H3. The van der Waals surface area contributed by atoms with Crippen LogP contribution in [0.5, 0.6) is 0 Å². The van der Waals surface area contributed by atoms with Gasteiger partial charge in [0.05, 0.1) is 0 Å². The third-order valence-electron chi connectivity index (χ3n) is 4.11. The molecule has 1 fully saturated rings. The zero-order chi connectivity index (χ0) is 12.4. The summed E-state index contributed by atoms with van der Waals surface area (Å²) in [5, 5.41) is 3.34. The van der Waals surface area contributed by atoms with Crippen molar-refractivity contribution in [2.75, 3.05) is 32.4 Å². The average molecular weight is 262 g/mol. The van der Waals surface area contributed by atoms with E-state index < -0.39 is 0 Å². The summed E-state index contributed by atoms with van der Waals surface area (Å²) in [5.74, 6) is 1.30. The van der Waals surface area contributed by atoms with Gasteiger partial charge in [-0.2, -0.15) is 0 Å². The maximum Gasteiger partial charge on any atom is 0.0342 e. The molecule has 2 nitrogen and oxygen atoms in total. The number of nitrogens with one attached hydrogen (secondary N) is 1. The van der Waals surface area contributed by atoms with E-state index in [0.29, 0.717) is 0 Å². The molecular weight excluding hydrogens is 240 g/mol. The van der Waals surface area contributed by atoms with E-state index in [-0.39, 0.29) is 0 Å². The normalized spacial score (nSPS) is 19.7. The van der Waals surface area contributed by atoms with Gasteiger partial charge in [-0.05, 0) is 49.3 Å². The molecule has 0 aliphatic carbocycles. The number of benzene rings is 1. The first-order valence-corrected chi connectivity index (χ1v) is 7.97. The van der Waals surface area contributed by atoms with Gasteiger partial charge in [-0.25, -0.2) is 0 Å². The zero-order valence-corrected chi connectivity index (χ0v) is 11.9. The fourth-order valence-electron chi connectivity index (χ4n) is 2.64. The van der Waals surface area contributed by atoms with Gasteiger partial charge in [0.1, 0.15) is 0 Å². The van der Waals surface area contributed by atoms with E-state index in [2.05, 4.69) is 35.5 Å². The third kappa shape index (κ3) is 2.73. The summed E-state index contributed by atoms with van der Waals surface area (Å²) in [6.07, 6.45) is 3.80. The van der Waals surface area contributed by atoms with Gasteiger partial charge in [0, 0.05) is 30.6 Å². The molecule has 18 heavy (non-hydrogen) atoms. The highest BCUT2D eigenvalue weighted by molar-refractivity contribution is 7.99. The van der Waals surface area contributed by atoms with Crippen LogP contribution in [-0.4, -0.2) is 43.4 Å². The Hall–Kier alpha value is -0.510. The van der Waals surface area contributed by atoms with Gasteiger partial charge in [-0.1, -0.05) is 12.1 Å². The van der Waals surface area contributed by atoms with Crippen LogP contribution in [0.3, 0.4) is 0 Å². The highest BCUT2D eigenvalue weighted by Gasteiger charge is 2.20. The average Bonchev–Trinajstić information content (AvgIpc) is 2.34. The molecule has 3 rings (SSSR count). The Morgan fingerprint density at radius 1 is 1.39 bits per heavy atom. The molecule has 2 aliphatic rings. The molecule has 0 amide bonds. The molecule has 0 aromatic heterocycles. The van der Waals surface area contributed by atoms with Gasteiger partial charge < -0.3 is 10.2 Å². The van der Waals surface area contributed by atoms with Crippen molar-refractivity contribution in [3.05, 3.63) is 29.3 Å². The van der Waals surface area contributed by atoms with Gasteiger partial charge >= 0.3 is 0 Å². The van der Waals surface area contributed by atoms with Crippen LogP contribution in [0.1, 0.15) is 17.5 Å². The smallest absolute Gasteiger partial charge is 0.0342 e. The summed E-state index contributed by atoms with van der Waals surface area (Å²) in [6.45, 7) is 3.51. The van der Waals surface area contributed by atoms with Gasteiger partial charge in [-0.3, -0.25) is 0 Å². The first-order chi connectivity index (χ1) is 8.83. The molecule has 3 heteroatoms. The molecule has 0 spiro atoms. The molecular formula is C15H22N2S. The number of hydrogen-bond donors (Lipinski definition) is 1. The summed E-state index contributed by atoms with van der Waals surface area (Å²) in [7, 11) is 2.25. The van der Waals surface area contributed by atoms with Gasteiger partial charge in [-0.15, -0.1) is 11.8 Å². The lowest BCUT2D eigenvalue weighted by molar-refractivity contribution is 0.182. The molecule has 1 aromatic rings. The first-order valence-electron chi connectivity index (χ1n) is 6.98. The van der Waals surface area contributed by atoms with E-state index in [1.54, 1.807) is 5.56 Å². The maximum absolute atomic E-state index is 3.34. The van der Waals surface area contributed by atoms with Crippen LogP contribution in [0.4, 0.5) is 0 Å². The second-order valence-electron chi connectivity index (χ2n) is 5.44. The topological polar surface area (TPSA) is 15.3 Å². The largest absolute Gasteiger partial charge is 0.314 e. The lowest BCUT2D eigenvalue weighted by Crippen LogP contribution is -2.56. The van der Waals surface area contributed by atoms with E-state index in [1.807, 2.05) is 11.8 Å². The number of fused-ring (bicyclic) bond motifs is 1. The Bertz CT molecular complexity index is 415. The van der Waals surface area contributed by atoms with Crippen molar-refractivity contribution in [3.63, 3.8) is 0 Å². The fourth-order valence-corrected chi connectivity index (χ4v) is 3.66. The quantitative estimate of drug-likeness (QED) is 0.895. The van der Waals surface area contributed by atoms with Crippen LogP contribution in [0.25, 0.3) is 0 Å². The molecule has 0 saturated carbocycles. The molecule has 2 heterocycles. The monoisotopic (exact) mass is 262 g/mol. The summed E-state index contributed by atoms with van der Waals surface area (Å²) in [6, 6.07) is 7.86. The Morgan fingerprint density at radius 2 is 2.28 bits per heavy atom. The van der Waals surface area contributed by atoms with Crippen molar-refractivity contribution in [1.82, 2.24) is 10.2 Å². The van der Waals surface area contributed by atoms with E-state index >= 15 is 0 Å². The Kier molecular flexibility index (Phi) is 3.92. The molecule has 98 valence electrons. The number of rotatable bonds is 4. The maximum atomic E-state index is 3.34. The third-order valence-corrected chi connectivity index (χ3v) is 5.31. The van der Waals surface area contributed by atoms with Gasteiger partial charge in [0.25, 0.3) is 0 Å². The fraction of sp³-hybridized carbons (Fsp3) is 0.600. The summed E-state index contributed by atoms with van der Waals surface area (Å²) < 4.78 is 0. The Balaban J connectivity index is 1.58. The number of likely N-dealkylation sites (N-methyl/N-ethyl adjacent to an activating group) is 1. The molecule has 2 aliphatic heterocycles. The SMILES string of the molecule is CN(CCc1ccc2c(c1)CCCS2)C1CNC1. The Morgan fingerprint density at radius 3 is 3.06 bits per heavy atom. The van der Waals surface area contributed by atoms with Crippen LogP contribution < -0.4 is 5.32 Å². The van der Waals surface area contributed by atoms with Crippen molar-refractivity contribution in [3.8, 4) is 0 Å². The highest BCUT2D eigenvalue weighted by atomic mass is 32.2. The van der Waals surface area contributed by atoms with Crippen molar-refractivity contribution in [2.24, 2.45) is 0 Å². The summed E-state index contributed by atoms with van der Waals surface area (Å²) in [5.41, 5.74) is 3.09. The van der Waals surface area contributed by atoms with Crippen molar-refractivity contribution >= 4 is 11.8 Å². The van der Waals surface area contributed by atoms with Crippen molar-refractivity contribution in [1.29, 1.82) is 0 Å². The highest BCUT2D eigenvalue weighted by Crippen LogP contribution is 2.30. The lowest BCUT2D eigenvalue weighted by Gasteiger charge is -2.35. The second kappa shape index (κ2) is 5.64. The molecule has 1 saturated heterocycles. The lowest BCUT2D eigenvalue weighted by atomic mass is 10.0. The van der Waals surface area contributed by atoms with E-state index in [1.165, 1.54) is 42.0 Å². The van der Waals surface area contributed by atoms with Crippen LogP contribution in [0.15, 0.2) is 23.1 Å². The van der Waals surface area contributed by atoms with E-state index in [0.717, 1.165) is 19.1 Å². The van der Waals surface area contributed by atoms with E-state index in [9.17, 15) is 0 Å². The minimum atomic E-state index is 0.762. The van der Waals surface area contributed by atoms with Crippen LogP contribution >= 0.6 is 11.8 Å². The number of aryl methyl sites for hydroxylation is 1. The minimum Gasteiger partial charge on any atom is -0.314 e. The molecule has 1 aromatic carbocycles. The van der Waals surface area contributed by atoms with E-state index in [4.69, 9.17) is 0 Å². The van der Waals surface area contributed by atoms with Crippen molar-refractivity contribution < 1.29 is 0 Å². The molecule has 0 bridgehead atoms. The first kappa shape index (κ1) is 12.5. The van der Waals surface area contributed by atoms with Gasteiger partial charge in [0.2, 0.25) is 0 Å². The number of thioether (sulfide) groups is 1. The molecule has 0 atom stereocenters.